The molecule has 1 aliphatic rings. The van der Waals surface area contributed by atoms with Crippen LogP contribution in [0, 0.1) is 0 Å². The van der Waals surface area contributed by atoms with Crippen molar-refractivity contribution in [1.82, 2.24) is 10.2 Å². The predicted octanol–water partition coefficient (Wildman–Crippen LogP) is 3.59. The topological polar surface area (TPSA) is 54.0 Å². The van der Waals surface area contributed by atoms with Crippen molar-refractivity contribution in [1.29, 1.82) is 0 Å². The highest BCUT2D eigenvalue weighted by Crippen LogP contribution is 2.28. The molecule has 154 valence electrons. The lowest BCUT2D eigenvalue weighted by molar-refractivity contribution is 0.0668. The lowest BCUT2D eigenvalue weighted by Crippen LogP contribution is -2.37. The van der Waals surface area contributed by atoms with Crippen LogP contribution in [0.2, 0.25) is 0 Å². The summed E-state index contributed by atoms with van der Waals surface area (Å²) in [6, 6.07) is 7.08. The van der Waals surface area contributed by atoms with Crippen molar-refractivity contribution >= 4 is 0 Å². The SMILES string of the molecule is COc1ccc(CNC2CCCCCC2)cc1OC[C@@H](O)CN(C)C(C)C. The van der Waals surface area contributed by atoms with Crippen LogP contribution in [0.4, 0.5) is 0 Å². The van der Waals surface area contributed by atoms with E-state index in [2.05, 4.69) is 30.1 Å². The van der Waals surface area contributed by atoms with Crippen molar-refractivity contribution in [3.63, 3.8) is 0 Å². The molecule has 0 spiro atoms. The van der Waals surface area contributed by atoms with Crippen LogP contribution < -0.4 is 14.8 Å². The van der Waals surface area contributed by atoms with Crippen LogP contribution in [-0.2, 0) is 6.54 Å². The van der Waals surface area contributed by atoms with Crippen molar-refractivity contribution in [2.24, 2.45) is 0 Å². The molecule has 0 saturated heterocycles. The Balaban J connectivity index is 1.89. The second kappa shape index (κ2) is 11.5. The zero-order chi connectivity index (χ0) is 19.6. The second-order valence-corrected chi connectivity index (χ2v) is 8.05. The van der Waals surface area contributed by atoms with E-state index in [1.54, 1.807) is 7.11 Å². The molecule has 1 aromatic rings. The molecule has 2 N–H and O–H groups in total. The van der Waals surface area contributed by atoms with E-state index < -0.39 is 6.10 Å². The summed E-state index contributed by atoms with van der Waals surface area (Å²) < 4.78 is 11.3. The number of aliphatic hydroxyl groups excluding tert-OH is 1. The van der Waals surface area contributed by atoms with E-state index in [1.807, 2.05) is 19.2 Å². The number of rotatable bonds is 10. The Morgan fingerprint density at radius 1 is 1.15 bits per heavy atom. The number of nitrogens with zero attached hydrogens (tertiary/aromatic N) is 1. The molecule has 1 aliphatic carbocycles. The smallest absolute Gasteiger partial charge is 0.161 e. The Morgan fingerprint density at radius 2 is 1.85 bits per heavy atom. The molecular formula is C22H38N2O3. The fourth-order valence-electron chi connectivity index (χ4n) is 3.47. The number of aliphatic hydroxyl groups is 1. The molecule has 1 fully saturated rings. The summed E-state index contributed by atoms with van der Waals surface area (Å²) in [4.78, 5) is 2.11. The van der Waals surface area contributed by atoms with E-state index in [4.69, 9.17) is 9.47 Å². The summed E-state index contributed by atoms with van der Waals surface area (Å²) >= 11 is 0. The van der Waals surface area contributed by atoms with Gasteiger partial charge in [-0.3, -0.25) is 0 Å². The normalized spacial score (nSPS) is 17.1. The highest BCUT2D eigenvalue weighted by Gasteiger charge is 2.15. The molecule has 0 heterocycles. The van der Waals surface area contributed by atoms with Crippen molar-refractivity contribution < 1.29 is 14.6 Å². The van der Waals surface area contributed by atoms with Crippen LogP contribution in [0.5, 0.6) is 11.5 Å². The van der Waals surface area contributed by atoms with E-state index in [-0.39, 0.29) is 6.61 Å². The van der Waals surface area contributed by atoms with Gasteiger partial charge < -0.3 is 24.8 Å². The van der Waals surface area contributed by atoms with Gasteiger partial charge in [-0.2, -0.15) is 0 Å². The molecule has 5 nitrogen and oxygen atoms in total. The lowest BCUT2D eigenvalue weighted by Gasteiger charge is -2.24. The van der Waals surface area contributed by atoms with Gasteiger partial charge in [0, 0.05) is 25.2 Å². The molecule has 0 bridgehead atoms. The monoisotopic (exact) mass is 378 g/mol. The van der Waals surface area contributed by atoms with Crippen molar-refractivity contribution in [3.05, 3.63) is 23.8 Å². The summed E-state index contributed by atoms with van der Waals surface area (Å²) in [5.41, 5.74) is 1.18. The van der Waals surface area contributed by atoms with Crippen molar-refractivity contribution in [2.75, 3.05) is 27.3 Å². The molecule has 5 heteroatoms. The van der Waals surface area contributed by atoms with Gasteiger partial charge in [-0.25, -0.2) is 0 Å². The average Bonchev–Trinajstić information content (AvgIpc) is 2.93. The highest BCUT2D eigenvalue weighted by molar-refractivity contribution is 5.43. The van der Waals surface area contributed by atoms with Crippen LogP contribution in [0.1, 0.15) is 57.9 Å². The standard InChI is InChI=1S/C22H38N2O3/c1-17(2)24(3)15-20(25)16-27-22-13-18(11-12-21(22)26-4)14-23-19-9-7-5-6-8-10-19/h11-13,17,19-20,23,25H,5-10,14-16H2,1-4H3/t20-/m0/s1. The Morgan fingerprint density at radius 3 is 2.48 bits per heavy atom. The van der Waals surface area contributed by atoms with Gasteiger partial charge >= 0.3 is 0 Å². The number of likely N-dealkylation sites (N-methyl/N-ethyl adjacent to an activating group) is 1. The van der Waals surface area contributed by atoms with Gasteiger partial charge in [0.15, 0.2) is 11.5 Å². The summed E-state index contributed by atoms with van der Waals surface area (Å²) in [6.45, 7) is 5.90. The van der Waals surface area contributed by atoms with E-state index >= 15 is 0 Å². The fourth-order valence-corrected chi connectivity index (χ4v) is 3.47. The third kappa shape index (κ3) is 7.68. The maximum absolute atomic E-state index is 10.2. The molecule has 0 radical (unpaired) electrons. The van der Waals surface area contributed by atoms with Gasteiger partial charge in [-0.15, -0.1) is 0 Å². The highest BCUT2D eigenvalue weighted by atomic mass is 16.5. The Hall–Kier alpha value is -1.30. The number of nitrogens with one attached hydrogen (secondary N) is 1. The average molecular weight is 379 g/mol. The molecule has 0 aliphatic heterocycles. The number of benzene rings is 1. The predicted molar refractivity (Wildman–Crippen MR) is 111 cm³/mol. The molecule has 0 amide bonds. The molecule has 2 rings (SSSR count). The van der Waals surface area contributed by atoms with Crippen molar-refractivity contribution in [3.8, 4) is 11.5 Å². The zero-order valence-corrected chi connectivity index (χ0v) is 17.5. The number of ether oxygens (including phenoxy) is 2. The summed E-state index contributed by atoms with van der Waals surface area (Å²) in [7, 11) is 3.66. The summed E-state index contributed by atoms with van der Waals surface area (Å²) in [5, 5.41) is 13.9. The van der Waals surface area contributed by atoms with E-state index in [0.29, 0.717) is 30.1 Å². The number of methoxy groups -OCH3 is 1. The molecule has 1 aromatic carbocycles. The third-order valence-corrected chi connectivity index (χ3v) is 5.49. The Labute approximate surface area is 165 Å². The lowest BCUT2D eigenvalue weighted by atomic mass is 10.1. The maximum atomic E-state index is 10.2. The molecule has 0 aromatic heterocycles. The van der Waals surface area contributed by atoms with E-state index in [1.165, 1.54) is 44.1 Å². The first kappa shape index (κ1) is 22.0. The first-order valence-electron chi connectivity index (χ1n) is 10.4. The molecular weight excluding hydrogens is 340 g/mol. The maximum Gasteiger partial charge on any atom is 0.161 e. The fraction of sp³-hybridized carbons (Fsp3) is 0.727. The van der Waals surface area contributed by atoms with Gasteiger partial charge in [0.1, 0.15) is 12.7 Å². The van der Waals surface area contributed by atoms with Gasteiger partial charge in [0.2, 0.25) is 0 Å². The molecule has 0 unspecified atom stereocenters. The molecule has 1 saturated carbocycles. The zero-order valence-electron chi connectivity index (χ0n) is 17.5. The van der Waals surface area contributed by atoms with Crippen LogP contribution >= 0.6 is 0 Å². The van der Waals surface area contributed by atoms with Gasteiger partial charge in [0.05, 0.1) is 7.11 Å². The van der Waals surface area contributed by atoms with E-state index in [0.717, 1.165) is 6.54 Å². The Bertz CT molecular complexity index is 542. The summed E-state index contributed by atoms with van der Waals surface area (Å²) in [5.74, 6) is 1.40. The van der Waals surface area contributed by atoms with Crippen LogP contribution in [0.3, 0.4) is 0 Å². The quantitative estimate of drug-likeness (QED) is 0.610. The summed E-state index contributed by atoms with van der Waals surface area (Å²) in [6.07, 6.45) is 7.41. The minimum absolute atomic E-state index is 0.257. The number of hydrogen-bond donors (Lipinski definition) is 2. The largest absolute Gasteiger partial charge is 0.493 e. The van der Waals surface area contributed by atoms with Crippen LogP contribution in [0.15, 0.2) is 18.2 Å². The minimum atomic E-state index is -0.533. The minimum Gasteiger partial charge on any atom is -0.493 e. The van der Waals surface area contributed by atoms with Crippen molar-refractivity contribution in [2.45, 2.75) is 77.1 Å². The van der Waals surface area contributed by atoms with Gasteiger partial charge in [-0.1, -0.05) is 31.7 Å². The third-order valence-electron chi connectivity index (χ3n) is 5.49. The first-order chi connectivity index (χ1) is 13.0. The molecule has 1 atom stereocenters. The first-order valence-corrected chi connectivity index (χ1v) is 10.4. The van der Waals surface area contributed by atoms with E-state index in [9.17, 15) is 5.11 Å². The second-order valence-electron chi connectivity index (χ2n) is 8.05. The molecule has 27 heavy (non-hydrogen) atoms. The number of hydrogen-bond acceptors (Lipinski definition) is 5. The van der Waals surface area contributed by atoms with Gasteiger partial charge in [0.25, 0.3) is 0 Å². The van der Waals surface area contributed by atoms with Crippen LogP contribution in [0.25, 0.3) is 0 Å². The van der Waals surface area contributed by atoms with Crippen LogP contribution in [-0.4, -0.2) is 55.5 Å². The Kier molecular flexibility index (Phi) is 9.39. The van der Waals surface area contributed by atoms with Gasteiger partial charge in [-0.05, 0) is 51.4 Å².